The van der Waals surface area contributed by atoms with Crippen LogP contribution in [-0.4, -0.2) is 11.0 Å². The van der Waals surface area contributed by atoms with E-state index in [1.54, 1.807) is 0 Å². The lowest BCUT2D eigenvalue weighted by Crippen LogP contribution is -2.32. The minimum Gasteiger partial charge on any atom is -0.461 e. The highest BCUT2D eigenvalue weighted by Gasteiger charge is 2.52. The average molecular weight is 608 g/mol. The number of benzene rings is 6. The van der Waals surface area contributed by atoms with Crippen molar-refractivity contribution in [3.63, 3.8) is 0 Å². The lowest BCUT2D eigenvalue weighted by Gasteiger charge is -2.39. The third-order valence-electron chi connectivity index (χ3n) is 9.49. The Morgan fingerprint density at radius 1 is 0.617 bits per heavy atom. The third kappa shape index (κ3) is 4.22. The van der Waals surface area contributed by atoms with Crippen molar-refractivity contribution in [2.75, 3.05) is 0 Å². The predicted octanol–water partition coefficient (Wildman–Crippen LogP) is 9.66. The molecule has 0 atom stereocenters. The highest BCUT2D eigenvalue weighted by molar-refractivity contribution is 6.04. The van der Waals surface area contributed by atoms with E-state index in [-0.39, 0.29) is 19.0 Å². The second-order valence-corrected chi connectivity index (χ2v) is 12.1. The molecule has 0 unspecified atom stereocenters. The summed E-state index contributed by atoms with van der Waals surface area (Å²) in [5.41, 5.74) is 11.1. The summed E-state index contributed by atoms with van der Waals surface area (Å²) in [4.78, 5) is 18.0. The summed E-state index contributed by atoms with van der Waals surface area (Å²) >= 11 is 0. The van der Waals surface area contributed by atoms with Crippen molar-refractivity contribution in [3.8, 4) is 33.9 Å². The standard InChI is InChI=1S/C43H29NO3/c45-39(46-27-29-12-2-1-3-13-29)26-28-22-24-30(25-23-28)42-40-31-14-4-6-16-33(31)43(41(40)32-15-5-9-19-36(32)44-42)34-17-7-10-20-37(34)47-38-21-11-8-18-35(38)43/h1-25H,26-27H2. The average Bonchev–Trinajstić information content (AvgIpc) is 3.43. The molecule has 6 aromatic carbocycles. The fourth-order valence-electron chi connectivity index (χ4n) is 7.53. The molecular weight excluding hydrogens is 578 g/mol. The molecule has 0 N–H and O–H groups in total. The molecule has 0 bridgehead atoms. The van der Waals surface area contributed by atoms with E-state index < -0.39 is 5.41 Å². The van der Waals surface area contributed by atoms with Gasteiger partial charge in [0.15, 0.2) is 0 Å². The number of carbonyl (C=O) groups excluding carboxylic acids is 1. The summed E-state index contributed by atoms with van der Waals surface area (Å²) in [5.74, 6) is 1.47. The van der Waals surface area contributed by atoms with Gasteiger partial charge in [-0.2, -0.15) is 0 Å². The van der Waals surface area contributed by atoms with Gasteiger partial charge in [0.1, 0.15) is 18.1 Å². The van der Waals surface area contributed by atoms with Crippen LogP contribution in [0, 0.1) is 0 Å². The number of ether oxygens (including phenoxy) is 2. The zero-order valence-electron chi connectivity index (χ0n) is 25.5. The number of hydrogen-bond donors (Lipinski definition) is 0. The van der Waals surface area contributed by atoms with Gasteiger partial charge in [-0.3, -0.25) is 4.79 Å². The van der Waals surface area contributed by atoms with Crippen molar-refractivity contribution in [2.45, 2.75) is 18.4 Å². The Balaban J connectivity index is 1.22. The summed E-state index contributed by atoms with van der Waals surface area (Å²) in [5, 5.41) is 1.12. The first kappa shape index (κ1) is 27.3. The molecule has 9 rings (SSSR count). The fraction of sp³-hybridized carbons (Fsp3) is 0.0698. The van der Waals surface area contributed by atoms with Crippen molar-refractivity contribution < 1.29 is 14.3 Å². The molecule has 2 aliphatic rings. The number of pyridine rings is 1. The molecule has 0 fully saturated rings. The zero-order valence-corrected chi connectivity index (χ0v) is 25.5. The number of rotatable bonds is 5. The lowest BCUT2D eigenvalue weighted by molar-refractivity contribution is -0.144. The number of nitrogens with zero attached hydrogens (tertiary/aromatic N) is 1. The van der Waals surface area contributed by atoms with Gasteiger partial charge in [0.05, 0.1) is 23.0 Å². The third-order valence-corrected chi connectivity index (χ3v) is 9.49. The summed E-state index contributed by atoms with van der Waals surface area (Å²) in [7, 11) is 0. The number of carbonyl (C=O) groups is 1. The summed E-state index contributed by atoms with van der Waals surface area (Å²) in [6.07, 6.45) is 0.204. The van der Waals surface area contributed by atoms with E-state index in [9.17, 15) is 4.79 Å². The second kappa shape index (κ2) is 10.8. The van der Waals surface area contributed by atoms with Gasteiger partial charge in [-0.25, -0.2) is 4.98 Å². The van der Waals surface area contributed by atoms with Crippen LogP contribution in [-0.2, 0) is 28.0 Å². The van der Waals surface area contributed by atoms with Gasteiger partial charge in [-0.15, -0.1) is 0 Å². The van der Waals surface area contributed by atoms with Crippen LogP contribution in [0.25, 0.3) is 33.3 Å². The van der Waals surface area contributed by atoms with Gasteiger partial charge in [-0.1, -0.05) is 133 Å². The minimum atomic E-state index is -0.600. The first-order chi connectivity index (χ1) is 23.2. The summed E-state index contributed by atoms with van der Waals surface area (Å²) in [6.45, 7) is 0.267. The van der Waals surface area contributed by atoms with E-state index in [1.807, 2.05) is 54.6 Å². The smallest absolute Gasteiger partial charge is 0.310 e. The van der Waals surface area contributed by atoms with Crippen LogP contribution >= 0.6 is 0 Å². The van der Waals surface area contributed by atoms with E-state index in [1.165, 1.54) is 11.1 Å². The maximum atomic E-state index is 12.7. The van der Waals surface area contributed by atoms with Crippen molar-refractivity contribution in [1.82, 2.24) is 4.98 Å². The van der Waals surface area contributed by atoms with Gasteiger partial charge < -0.3 is 9.47 Å². The first-order valence-electron chi connectivity index (χ1n) is 15.9. The van der Waals surface area contributed by atoms with Crippen molar-refractivity contribution in [2.24, 2.45) is 0 Å². The van der Waals surface area contributed by atoms with Crippen LogP contribution in [0.4, 0.5) is 0 Å². The maximum Gasteiger partial charge on any atom is 0.310 e. The Labute approximate surface area is 272 Å². The molecule has 4 nitrogen and oxygen atoms in total. The Hall–Kier alpha value is -6.00. The Kier molecular flexibility index (Phi) is 6.29. The molecule has 0 radical (unpaired) electrons. The predicted molar refractivity (Wildman–Crippen MR) is 184 cm³/mol. The molecule has 0 saturated carbocycles. The number of aromatic nitrogens is 1. The van der Waals surface area contributed by atoms with Gasteiger partial charge in [0, 0.05) is 27.6 Å². The molecular formula is C43H29NO3. The number of fused-ring (bicyclic) bond motifs is 11. The molecule has 2 heterocycles. The molecule has 1 aliphatic carbocycles. The van der Waals surface area contributed by atoms with Crippen LogP contribution in [0.2, 0.25) is 0 Å². The highest BCUT2D eigenvalue weighted by Crippen LogP contribution is 2.64. The van der Waals surface area contributed by atoms with E-state index in [0.717, 1.165) is 67.0 Å². The van der Waals surface area contributed by atoms with E-state index in [4.69, 9.17) is 14.5 Å². The van der Waals surface area contributed by atoms with Crippen LogP contribution < -0.4 is 4.74 Å². The fourth-order valence-corrected chi connectivity index (χ4v) is 7.53. The highest BCUT2D eigenvalue weighted by atomic mass is 16.5. The quantitative estimate of drug-likeness (QED) is 0.183. The number of hydrogen-bond acceptors (Lipinski definition) is 4. The number of para-hydroxylation sites is 3. The first-order valence-corrected chi connectivity index (χ1v) is 15.9. The summed E-state index contributed by atoms with van der Waals surface area (Å²) in [6, 6.07) is 52.0. The molecule has 1 aromatic heterocycles. The van der Waals surface area contributed by atoms with Gasteiger partial charge in [-0.05, 0) is 46.0 Å². The minimum absolute atomic E-state index is 0.204. The molecule has 0 amide bonds. The van der Waals surface area contributed by atoms with Gasteiger partial charge in [0.2, 0.25) is 0 Å². The van der Waals surface area contributed by atoms with Crippen molar-refractivity contribution in [1.29, 1.82) is 0 Å². The normalized spacial score (nSPS) is 13.3. The van der Waals surface area contributed by atoms with E-state index in [0.29, 0.717) is 0 Å². The molecule has 7 aromatic rings. The molecule has 224 valence electrons. The van der Waals surface area contributed by atoms with E-state index >= 15 is 0 Å². The molecule has 1 aliphatic heterocycles. The lowest BCUT2D eigenvalue weighted by atomic mass is 9.65. The topological polar surface area (TPSA) is 48.4 Å². The largest absolute Gasteiger partial charge is 0.461 e. The van der Waals surface area contributed by atoms with Crippen LogP contribution in [0.5, 0.6) is 11.5 Å². The van der Waals surface area contributed by atoms with Crippen molar-refractivity contribution >= 4 is 16.9 Å². The van der Waals surface area contributed by atoms with Gasteiger partial charge >= 0.3 is 5.97 Å². The Morgan fingerprint density at radius 3 is 1.98 bits per heavy atom. The van der Waals surface area contributed by atoms with E-state index in [2.05, 4.69) is 97.1 Å². The van der Waals surface area contributed by atoms with Crippen LogP contribution in [0.1, 0.15) is 33.4 Å². The Bertz CT molecular complexity index is 2280. The van der Waals surface area contributed by atoms with Crippen molar-refractivity contribution in [3.05, 3.63) is 185 Å². The second-order valence-electron chi connectivity index (χ2n) is 12.1. The van der Waals surface area contributed by atoms with Crippen LogP contribution in [0.3, 0.4) is 0 Å². The molecule has 0 saturated heterocycles. The number of esters is 1. The molecule has 1 spiro atoms. The molecule has 47 heavy (non-hydrogen) atoms. The SMILES string of the molecule is O=C(Cc1ccc(-c2nc3ccccc3c3c2-c2ccccc2C32c3ccccc3Oc3ccccc32)cc1)OCc1ccccc1. The monoisotopic (exact) mass is 607 g/mol. The molecule has 4 heteroatoms. The van der Waals surface area contributed by atoms with Gasteiger partial charge in [0.25, 0.3) is 0 Å². The summed E-state index contributed by atoms with van der Waals surface area (Å²) < 4.78 is 12.1. The zero-order chi connectivity index (χ0) is 31.4. The van der Waals surface area contributed by atoms with Crippen LogP contribution in [0.15, 0.2) is 152 Å². The maximum absolute atomic E-state index is 12.7. The Morgan fingerprint density at radius 2 is 1.23 bits per heavy atom.